The number of amides is 1. The number of rotatable bonds is 2. The molecular weight excluding hydrogens is 266 g/mol. The van der Waals surface area contributed by atoms with Gasteiger partial charge in [-0.3, -0.25) is 9.59 Å². The van der Waals surface area contributed by atoms with Crippen LogP contribution in [0.2, 0.25) is 0 Å². The minimum absolute atomic E-state index is 0.105. The summed E-state index contributed by atoms with van der Waals surface area (Å²) in [5.74, 6) is -0.105. The van der Waals surface area contributed by atoms with E-state index in [9.17, 15) is 9.59 Å². The molecule has 2 N–H and O–H groups in total. The standard InChI is InChI=1S/C16H13N3O2/c1-10(20)19-13-5-2-11(3-6-13)12-4-7-15-14(8-12)16(21)18-9-17-15/h2-9H,1H3,(H,19,20)(H,17,18,21). The van der Waals surface area contributed by atoms with Crippen LogP contribution >= 0.6 is 0 Å². The first kappa shape index (κ1) is 13.1. The van der Waals surface area contributed by atoms with E-state index in [1.807, 2.05) is 42.5 Å². The Labute approximate surface area is 120 Å². The van der Waals surface area contributed by atoms with E-state index in [4.69, 9.17) is 0 Å². The molecule has 0 radical (unpaired) electrons. The van der Waals surface area contributed by atoms with Gasteiger partial charge in [-0.1, -0.05) is 18.2 Å². The lowest BCUT2D eigenvalue weighted by molar-refractivity contribution is -0.114. The second-order valence-electron chi connectivity index (χ2n) is 4.72. The van der Waals surface area contributed by atoms with Crippen LogP contribution in [0.3, 0.4) is 0 Å². The largest absolute Gasteiger partial charge is 0.326 e. The van der Waals surface area contributed by atoms with Crippen LogP contribution in [0.4, 0.5) is 5.69 Å². The molecular formula is C16H13N3O2. The summed E-state index contributed by atoms with van der Waals surface area (Å²) in [5, 5.41) is 3.27. The summed E-state index contributed by atoms with van der Waals surface area (Å²) in [6.45, 7) is 1.47. The Bertz CT molecular complexity index is 867. The van der Waals surface area contributed by atoms with E-state index in [0.717, 1.165) is 16.8 Å². The zero-order chi connectivity index (χ0) is 14.8. The topological polar surface area (TPSA) is 74.8 Å². The highest BCUT2D eigenvalue weighted by Crippen LogP contribution is 2.23. The van der Waals surface area contributed by atoms with Gasteiger partial charge in [-0.05, 0) is 35.4 Å². The molecule has 3 rings (SSSR count). The van der Waals surface area contributed by atoms with Gasteiger partial charge in [0.25, 0.3) is 5.56 Å². The van der Waals surface area contributed by atoms with E-state index in [0.29, 0.717) is 10.9 Å². The molecule has 5 nitrogen and oxygen atoms in total. The van der Waals surface area contributed by atoms with Crippen molar-refractivity contribution in [2.24, 2.45) is 0 Å². The van der Waals surface area contributed by atoms with Gasteiger partial charge in [-0.2, -0.15) is 0 Å². The summed E-state index contributed by atoms with van der Waals surface area (Å²) in [4.78, 5) is 29.5. The third kappa shape index (κ3) is 2.67. The maximum absolute atomic E-state index is 11.8. The Balaban J connectivity index is 2.02. The Morgan fingerprint density at radius 2 is 1.81 bits per heavy atom. The zero-order valence-corrected chi connectivity index (χ0v) is 11.4. The molecule has 1 amide bonds. The quantitative estimate of drug-likeness (QED) is 0.757. The summed E-state index contributed by atoms with van der Waals surface area (Å²) in [6.07, 6.45) is 1.40. The van der Waals surface area contributed by atoms with E-state index in [1.54, 1.807) is 0 Å². The lowest BCUT2D eigenvalue weighted by atomic mass is 10.0. The molecule has 0 aliphatic carbocycles. The number of H-pyrrole nitrogens is 1. The molecule has 0 aliphatic heterocycles. The predicted octanol–water partition coefficient (Wildman–Crippen LogP) is 2.55. The molecule has 0 aliphatic rings. The highest BCUT2D eigenvalue weighted by Gasteiger charge is 2.04. The molecule has 21 heavy (non-hydrogen) atoms. The SMILES string of the molecule is CC(=O)Nc1ccc(-c2ccc3nc[nH]c(=O)c3c2)cc1. The van der Waals surface area contributed by atoms with E-state index in [-0.39, 0.29) is 11.5 Å². The molecule has 0 saturated heterocycles. The first-order valence-electron chi connectivity index (χ1n) is 6.49. The number of nitrogens with zero attached hydrogens (tertiary/aromatic N) is 1. The van der Waals surface area contributed by atoms with Gasteiger partial charge in [0.05, 0.1) is 17.2 Å². The van der Waals surface area contributed by atoms with Crippen LogP contribution in [0.5, 0.6) is 0 Å². The van der Waals surface area contributed by atoms with E-state index < -0.39 is 0 Å². The molecule has 0 saturated carbocycles. The third-order valence-corrected chi connectivity index (χ3v) is 3.18. The number of aromatic nitrogens is 2. The van der Waals surface area contributed by atoms with Gasteiger partial charge >= 0.3 is 0 Å². The van der Waals surface area contributed by atoms with Crippen LogP contribution in [0.15, 0.2) is 53.6 Å². The van der Waals surface area contributed by atoms with E-state index in [2.05, 4.69) is 15.3 Å². The smallest absolute Gasteiger partial charge is 0.258 e. The number of carbonyl (C=O) groups excluding carboxylic acids is 1. The van der Waals surface area contributed by atoms with Crippen molar-refractivity contribution in [3.05, 3.63) is 59.1 Å². The highest BCUT2D eigenvalue weighted by atomic mass is 16.1. The normalized spacial score (nSPS) is 10.5. The summed E-state index contributed by atoms with van der Waals surface area (Å²) in [5.41, 5.74) is 3.14. The Kier molecular flexibility index (Phi) is 3.23. The van der Waals surface area contributed by atoms with Gasteiger partial charge in [0.1, 0.15) is 0 Å². The molecule has 1 heterocycles. The molecule has 5 heteroatoms. The summed E-state index contributed by atoms with van der Waals surface area (Å²) in [6, 6.07) is 13.0. The van der Waals surface area contributed by atoms with Crippen LogP contribution in [-0.2, 0) is 4.79 Å². The van der Waals surface area contributed by atoms with Crippen LogP contribution in [0.1, 0.15) is 6.92 Å². The van der Waals surface area contributed by atoms with Crippen molar-refractivity contribution in [1.82, 2.24) is 9.97 Å². The second-order valence-corrected chi connectivity index (χ2v) is 4.72. The molecule has 0 atom stereocenters. The Hall–Kier alpha value is -2.95. The van der Waals surface area contributed by atoms with Crippen LogP contribution in [0, 0.1) is 0 Å². The molecule has 3 aromatic rings. The van der Waals surface area contributed by atoms with Crippen LogP contribution in [0.25, 0.3) is 22.0 Å². The number of aromatic amines is 1. The highest BCUT2D eigenvalue weighted by molar-refractivity contribution is 5.89. The van der Waals surface area contributed by atoms with Crippen molar-refractivity contribution in [2.75, 3.05) is 5.32 Å². The van der Waals surface area contributed by atoms with Crippen LogP contribution in [-0.4, -0.2) is 15.9 Å². The average Bonchev–Trinajstić information content (AvgIpc) is 2.48. The maximum atomic E-state index is 11.8. The van der Waals surface area contributed by atoms with Gasteiger partial charge < -0.3 is 10.3 Å². The van der Waals surface area contributed by atoms with Crippen LogP contribution < -0.4 is 10.9 Å². The van der Waals surface area contributed by atoms with Gasteiger partial charge in [0, 0.05) is 12.6 Å². The fraction of sp³-hybridized carbons (Fsp3) is 0.0625. The van der Waals surface area contributed by atoms with Crippen molar-refractivity contribution in [3.63, 3.8) is 0 Å². The number of anilines is 1. The van der Waals surface area contributed by atoms with Crippen molar-refractivity contribution >= 4 is 22.5 Å². The Morgan fingerprint density at radius 3 is 2.52 bits per heavy atom. The van der Waals surface area contributed by atoms with Gasteiger partial charge in [0.15, 0.2) is 0 Å². The number of benzene rings is 2. The van der Waals surface area contributed by atoms with Crippen molar-refractivity contribution in [1.29, 1.82) is 0 Å². The predicted molar refractivity (Wildman–Crippen MR) is 82.1 cm³/mol. The van der Waals surface area contributed by atoms with E-state index >= 15 is 0 Å². The first-order valence-corrected chi connectivity index (χ1v) is 6.49. The average molecular weight is 279 g/mol. The number of hydrogen-bond acceptors (Lipinski definition) is 3. The summed E-state index contributed by atoms with van der Waals surface area (Å²) in [7, 11) is 0. The number of carbonyl (C=O) groups is 1. The Morgan fingerprint density at radius 1 is 1.10 bits per heavy atom. The second kappa shape index (κ2) is 5.20. The fourth-order valence-electron chi connectivity index (χ4n) is 2.20. The molecule has 0 spiro atoms. The van der Waals surface area contributed by atoms with E-state index in [1.165, 1.54) is 13.3 Å². The molecule has 2 aromatic carbocycles. The summed E-state index contributed by atoms with van der Waals surface area (Å²) < 4.78 is 0. The number of fused-ring (bicyclic) bond motifs is 1. The van der Waals surface area contributed by atoms with Gasteiger partial charge in [-0.15, -0.1) is 0 Å². The zero-order valence-electron chi connectivity index (χ0n) is 11.4. The first-order chi connectivity index (χ1) is 10.1. The molecule has 0 unspecified atom stereocenters. The lowest BCUT2D eigenvalue weighted by Gasteiger charge is -2.06. The van der Waals surface area contributed by atoms with Crippen molar-refractivity contribution < 1.29 is 4.79 Å². The minimum atomic E-state index is -0.156. The monoisotopic (exact) mass is 279 g/mol. The lowest BCUT2D eigenvalue weighted by Crippen LogP contribution is -2.06. The molecule has 0 fully saturated rings. The maximum Gasteiger partial charge on any atom is 0.258 e. The molecule has 0 bridgehead atoms. The molecule has 104 valence electrons. The van der Waals surface area contributed by atoms with Gasteiger partial charge in [-0.25, -0.2) is 4.98 Å². The van der Waals surface area contributed by atoms with Gasteiger partial charge in [0.2, 0.25) is 5.91 Å². The fourth-order valence-corrected chi connectivity index (χ4v) is 2.20. The third-order valence-electron chi connectivity index (χ3n) is 3.18. The number of nitrogens with one attached hydrogen (secondary N) is 2. The summed E-state index contributed by atoms with van der Waals surface area (Å²) >= 11 is 0. The minimum Gasteiger partial charge on any atom is -0.326 e. The van der Waals surface area contributed by atoms with Crippen molar-refractivity contribution in [2.45, 2.75) is 6.92 Å². The number of hydrogen-bond donors (Lipinski definition) is 2. The van der Waals surface area contributed by atoms with Crippen molar-refractivity contribution in [3.8, 4) is 11.1 Å². The molecule has 1 aromatic heterocycles.